The molecule has 0 rings (SSSR count). The van der Waals surface area contributed by atoms with E-state index in [1.54, 1.807) is 0 Å². The van der Waals surface area contributed by atoms with Crippen molar-refractivity contribution in [1.82, 2.24) is 0 Å². The zero-order chi connectivity index (χ0) is 6.08. The minimum atomic E-state index is -0.840. The molecule has 0 aliphatic rings. The van der Waals surface area contributed by atoms with Crippen molar-refractivity contribution < 1.29 is 12.4 Å². The summed E-state index contributed by atoms with van der Waals surface area (Å²) in [6.07, 6.45) is 0. The number of halogens is 1. The Morgan fingerprint density at radius 3 is 1.12 bits per heavy atom. The maximum absolute atomic E-state index is 2.45. The summed E-state index contributed by atoms with van der Waals surface area (Å²) in [5.74, 6) is 0. The number of hydrogen-bond donors (Lipinski definition) is 0. The first-order chi connectivity index (χ1) is 2.94. The molecule has 0 aromatic heterocycles. The molecule has 0 unspecified atom stereocenters. The van der Waals surface area contributed by atoms with Crippen LogP contribution in [0.15, 0.2) is 0 Å². The molecule has 0 aliphatic heterocycles. The Kier molecular flexibility index (Phi) is 5.91. The van der Waals surface area contributed by atoms with Gasteiger partial charge in [0.2, 0.25) is 0 Å². The summed E-state index contributed by atoms with van der Waals surface area (Å²) in [7, 11) is 0. The van der Waals surface area contributed by atoms with Crippen molar-refractivity contribution in [3.05, 3.63) is 0 Å². The summed E-state index contributed by atoms with van der Waals surface area (Å²) in [6.45, 7) is 7.05. The van der Waals surface area contributed by atoms with E-state index in [2.05, 4.69) is 30.7 Å². The van der Waals surface area contributed by atoms with Gasteiger partial charge in [-0.05, 0) is 0 Å². The van der Waals surface area contributed by atoms with E-state index in [1.165, 1.54) is 0 Å². The van der Waals surface area contributed by atoms with Crippen molar-refractivity contribution in [3.63, 3.8) is 0 Å². The summed E-state index contributed by atoms with van der Waals surface area (Å²) in [5, 5.41) is 0. The molecule has 0 amide bonds. The molecule has 0 saturated heterocycles. The first-order valence-corrected chi connectivity index (χ1v) is 9.89. The van der Waals surface area contributed by atoms with Gasteiger partial charge in [0, 0.05) is 0 Å². The average Bonchev–Trinajstić information content (AvgIpc) is 1.31. The predicted octanol–water partition coefficient (Wildman–Crippen LogP) is -0.455. The van der Waals surface area contributed by atoms with E-state index in [4.69, 9.17) is 0 Å². The Labute approximate surface area is 66.2 Å². The van der Waals surface area contributed by atoms with Crippen molar-refractivity contribution in [1.29, 1.82) is 0 Å². The quantitative estimate of drug-likeness (QED) is 0.504. The topological polar surface area (TPSA) is 0 Å². The van der Waals surface area contributed by atoms with E-state index in [9.17, 15) is 0 Å². The summed E-state index contributed by atoms with van der Waals surface area (Å²) >= 11 is -0.840. The first kappa shape index (κ1) is 11.8. The molecule has 0 nitrogen and oxygen atoms in total. The van der Waals surface area contributed by atoms with Gasteiger partial charge in [0.15, 0.2) is 0 Å². The van der Waals surface area contributed by atoms with E-state index in [1.807, 2.05) is 0 Å². The Morgan fingerprint density at radius 2 is 1.12 bits per heavy atom. The largest absolute Gasteiger partial charge is 1.00 e. The third-order valence-electron chi connectivity index (χ3n) is 1.50. The third-order valence-corrected chi connectivity index (χ3v) is 10.1. The SMILES string of the molecule is [CH3][Sn+]([CH3])[C](C)(C)C.[Cl-]. The molecule has 50 valence electrons. The molecule has 0 heterocycles. The summed E-state index contributed by atoms with van der Waals surface area (Å²) in [4.78, 5) is 4.89. The van der Waals surface area contributed by atoms with Gasteiger partial charge < -0.3 is 12.4 Å². The standard InChI is InChI=1S/C4H9.2CH3.ClH.Sn/c1-4(2)3;;;;/h1-3H3;2*1H3;1H;/q;;;;+1/p-1. The zero-order valence-corrected chi connectivity index (χ0v) is 9.99. The molecule has 0 aromatic rings. The van der Waals surface area contributed by atoms with Crippen molar-refractivity contribution in [2.45, 2.75) is 34.1 Å². The van der Waals surface area contributed by atoms with Gasteiger partial charge in [-0.15, -0.1) is 0 Å². The first-order valence-electron chi connectivity index (χ1n) is 2.75. The second-order valence-electron chi connectivity index (χ2n) is 3.25. The molecule has 0 fully saturated rings. The van der Waals surface area contributed by atoms with Crippen molar-refractivity contribution in [2.75, 3.05) is 0 Å². The third kappa shape index (κ3) is 5.23. The molecular formula is C6H15ClSn. The molecule has 2 heteroatoms. The van der Waals surface area contributed by atoms with E-state index >= 15 is 0 Å². The molecule has 0 N–H and O–H groups in total. The van der Waals surface area contributed by atoms with Gasteiger partial charge in [0.1, 0.15) is 0 Å². The average molecular weight is 241 g/mol. The monoisotopic (exact) mass is 242 g/mol. The second-order valence-corrected chi connectivity index (χ2v) is 13.2. The summed E-state index contributed by atoms with van der Waals surface area (Å²) < 4.78 is 0.697. The van der Waals surface area contributed by atoms with Gasteiger partial charge in [-0.1, -0.05) is 0 Å². The van der Waals surface area contributed by atoms with Gasteiger partial charge in [-0.3, -0.25) is 0 Å². The van der Waals surface area contributed by atoms with Gasteiger partial charge in [0.25, 0.3) is 0 Å². The molecule has 0 saturated carbocycles. The Bertz CT molecular complexity index is 54.0. The van der Waals surface area contributed by atoms with Gasteiger partial charge >= 0.3 is 53.8 Å². The molecular weight excluding hydrogens is 226 g/mol. The maximum atomic E-state index is 2.45. The van der Waals surface area contributed by atoms with Crippen LogP contribution in [0.1, 0.15) is 20.8 Å². The van der Waals surface area contributed by atoms with Gasteiger partial charge in [0.05, 0.1) is 0 Å². The van der Waals surface area contributed by atoms with E-state index in [-0.39, 0.29) is 12.4 Å². The van der Waals surface area contributed by atoms with Crippen LogP contribution in [0.5, 0.6) is 0 Å². The smallest absolute Gasteiger partial charge is 1.00 e. The molecule has 0 atom stereocenters. The van der Waals surface area contributed by atoms with Crippen molar-refractivity contribution in [3.8, 4) is 0 Å². The minimum absolute atomic E-state index is 0. The molecule has 0 radical (unpaired) electrons. The predicted molar refractivity (Wildman–Crippen MR) is 37.2 cm³/mol. The van der Waals surface area contributed by atoms with Gasteiger partial charge in [-0.2, -0.15) is 0 Å². The molecule has 0 aliphatic carbocycles. The fourth-order valence-corrected chi connectivity index (χ4v) is 0. The van der Waals surface area contributed by atoms with Crippen LogP contribution in [-0.2, 0) is 0 Å². The minimum Gasteiger partial charge on any atom is -1.00 e. The van der Waals surface area contributed by atoms with Crippen LogP contribution in [0.3, 0.4) is 0 Å². The van der Waals surface area contributed by atoms with Gasteiger partial charge in [-0.25, -0.2) is 0 Å². The Hall–Kier alpha value is 1.09. The van der Waals surface area contributed by atoms with Crippen molar-refractivity contribution in [2.24, 2.45) is 0 Å². The van der Waals surface area contributed by atoms with E-state index in [0.29, 0.717) is 3.43 Å². The maximum Gasteiger partial charge on any atom is -1.00 e. The van der Waals surface area contributed by atoms with E-state index in [0.717, 1.165) is 0 Å². The van der Waals surface area contributed by atoms with Crippen LogP contribution in [0.25, 0.3) is 0 Å². The Morgan fingerprint density at radius 1 is 1.00 bits per heavy atom. The van der Waals surface area contributed by atoms with Crippen molar-refractivity contribution >= 4 is 19.8 Å². The zero-order valence-electron chi connectivity index (χ0n) is 6.38. The molecule has 0 bridgehead atoms. The fraction of sp³-hybridized carbons (Fsp3) is 1.00. The Balaban J connectivity index is 0. The summed E-state index contributed by atoms with van der Waals surface area (Å²) in [6, 6.07) is 0. The van der Waals surface area contributed by atoms with Crippen LogP contribution in [0.2, 0.25) is 13.3 Å². The normalized spacial score (nSPS) is 10.1. The molecule has 8 heavy (non-hydrogen) atoms. The fourth-order valence-electron chi connectivity index (χ4n) is 0. The molecule has 0 spiro atoms. The van der Waals surface area contributed by atoms with E-state index < -0.39 is 19.8 Å². The number of hydrogen-bond acceptors (Lipinski definition) is 0. The second kappa shape index (κ2) is 3.99. The van der Waals surface area contributed by atoms with Crippen LogP contribution in [0, 0.1) is 0 Å². The van der Waals surface area contributed by atoms with Crippen LogP contribution in [0.4, 0.5) is 0 Å². The van der Waals surface area contributed by atoms with Crippen LogP contribution >= 0.6 is 0 Å². The number of rotatable bonds is 0. The van der Waals surface area contributed by atoms with Crippen LogP contribution < -0.4 is 12.4 Å². The van der Waals surface area contributed by atoms with Crippen LogP contribution in [-0.4, -0.2) is 19.8 Å². The summed E-state index contributed by atoms with van der Waals surface area (Å²) in [5.41, 5.74) is 0. The molecule has 0 aromatic carbocycles.